The monoisotopic (exact) mass is 221 g/mol. The summed E-state index contributed by atoms with van der Waals surface area (Å²) in [5, 5.41) is 9.77. The molecule has 0 aliphatic rings. The van der Waals surface area contributed by atoms with E-state index in [1.165, 1.54) is 11.3 Å². The normalized spacial score (nSPS) is 10.3. The zero-order valence-corrected chi connectivity index (χ0v) is 9.32. The van der Waals surface area contributed by atoms with Gasteiger partial charge in [-0.1, -0.05) is 11.3 Å². The second-order valence-corrected chi connectivity index (χ2v) is 4.18. The maximum Gasteiger partial charge on any atom is 0.208 e. The lowest BCUT2D eigenvalue weighted by Gasteiger charge is -2.04. The number of hydrogen-bond donors (Lipinski definition) is 1. The van der Waals surface area contributed by atoms with Crippen LogP contribution in [0.15, 0.2) is 18.3 Å². The molecule has 0 atom stereocenters. The Labute approximate surface area is 91.6 Å². The fourth-order valence-corrected chi connectivity index (χ4v) is 1.90. The lowest BCUT2D eigenvalue weighted by atomic mass is 10.3. The van der Waals surface area contributed by atoms with Gasteiger partial charge in [-0.05, 0) is 12.1 Å². The van der Waals surface area contributed by atoms with Gasteiger partial charge >= 0.3 is 0 Å². The lowest BCUT2D eigenvalue weighted by molar-refractivity contribution is 1.02. The molecule has 2 aromatic heterocycles. The summed E-state index contributed by atoms with van der Waals surface area (Å²) >= 11 is 1.49. The molecule has 0 saturated carbocycles. The zero-order chi connectivity index (χ0) is 10.8. The molecule has 0 spiro atoms. The van der Waals surface area contributed by atoms with Gasteiger partial charge < -0.3 is 10.6 Å². The highest BCUT2D eigenvalue weighted by Crippen LogP contribution is 2.29. The largest absolute Gasteiger partial charge is 0.383 e. The molecule has 2 aromatic rings. The predicted octanol–water partition coefficient (Wildman–Crippen LogP) is 1.25. The molecule has 0 aliphatic carbocycles. The molecule has 2 N–H and O–H groups in total. The average Bonchev–Trinajstić information content (AvgIpc) is 2.67. The summed E-state index contributed by atoms with van der Waals surface area (Å²) in [6.45, 7) is 0. The number of aromatic nitrogens is 3. The van der Waals surface area contributed by atoms with Crippen molar-refractivity contribution in [3.63, 3.8) is 0 Å². The Morgan fingerprint density at radius 2 is 2.13 bits per heavy atom. The van der Waals surface area contributed by atoms with Gasteiger partial charge in [0.25, 0.3) is 0 Å². The molecule has 0 aliphatic heterocycles. The fraction of sp³-hybridized carbons (Fsp3) is 0.222. The van der Waals surface area contributed by atoms with Gasteiger partial charge in [-0.15, -0.1) is 10.2 Å². The van der Waals surface area contributed by atoms with Crippen LogP contribution in [0.2, 0.25) is 0 Å². The van der Waals surface area contributed by atoms with Crippen LogP contribution >= 0.6 is 11.3 Å². The Balaban J connectivity index is 2.42. The Morgan fingerprint density at radius 1 is 1.33 bits per heavy atom. The molecular weight excluding hydrogens is 210 g/mol. The van der Waals surface area contributed by atoms with Crippen LogP contribution in [0.5, 0.6) is 0 Å². The summed E-state index contributed by atoms with van der Waals surface area (Å²) in [7, 11) is 3.85. The van der Waals surface area contributed by atoms with Gasteiger partial charge in [0, 0.05) is 20.3 Å². The van der Waals surface area contributed by atoms with Gasteiger partial charge in [0.2, 0.25) is 5.13 Å². The Kier molecular flexibility index (Phi) is 2.51. The zero-order valence-electron chi connectivity index (χ0n) is 8.51. The predicted molar refractivity (Wildman–Crippen MR) is 61.9 cm³/mol. The van der Waals surface area contributed by atoms with Gasteiger partial charge in [-0.2, -0.15) is 0 Å². The van der Waals surface area contributed by atoms with Crippen LogP contribution in [-0.2, 0) is 0 Å². The van der Waals surface area contributed by atoms with Crippen LogP contribution in [0.4, 0.5) is 10.9 Å². The summed E-state index contributed by atoms with van der Waals surface area (Å²) in [6.07, 6.45) is 1.66. The molecule has 6 heteroatoms. The van der Waals surface area contributed by atoms with E-state index in [-0.39, 0.29) is 0 Å². The van der Waals surface area contributed by atoms with Crippen molar-refractivity contribution < 1.29 is 0 Å². The number of anilines is 2. The maximum atomic E-state index is 5.75. The summed E-state index contributed by atoms with van der Waals surface area (Å²) in [4.78, 5) is 5.92. The number of nitrogens with two attached hydrogens (primary N) is 1. The first kappa shape index (κ1) is 9.85. The van der Waals surface area contributed by atoms with Gasteiger partial charge in [0.05, 0.1) is 5.56 Å². The summed E-state index contributed by atoms with van der Waals surface area (Å²) in [5.41, 5.74) is 6.59. The number of pyridine rings is 1. The third-order valence-corrected chi connectivity index (χ3v) is 2.99. The average molecular weight is 221 g/mol. The van der Waals surface area contributed by atoms with E-state index in [2.05, 4.69) is 15.2 Å². The minimum Gasteiger partial charge on any atom is -0.383 e. The van der Waals surface area contributed by atoms with Crippen LogP contribution in [0.25, 0.3) is 10.6 Å². The second kappa shape index (κ2) is 3.82. The third kappa shape index (κ3) is 1.89. The molecule has 0 bridgehead atoms. The van der Waals surface area contributed by atoms with Crippen molar-refractivity contribution in [1.29, 1.82) is 0 Å². The molecule has 5 nitrogen and oxygen atoms in total. The van der Waals surface area contributed by atoms with E-state index in [4.69, 9.17) is 5.73 Å². The van der Waals surface area contributed by atoms with E-state index in [1.54, 1.807) is 6.20 Å². The van der Waals surface area contributed by atoms with Crippen LogP contribution in [-0.4, -0.2) is 29.3 Å². The highest BCUT2D eigenvalue weighted by molar-refractivity contribution is 7.18. The number of rotatable bonds is 2. The van der Waals surface area contributed by atoms with Gasteiger partial charge in [-0.25, -0.2) is 4.98 Å². The minimum atomic E-state index is 0.485. The molecule has 15 heavy (non-hydrogen) atoms. The highest BCUT2D eigenvalue weighted by Gasteiger charge is 2.10. The highest BCUT2D eigenvalue weighted by atomic mass is 32.1. The Bertz CT molecular complexity index is 465. The van der Waals surface area contributed by atoms with E-state index in [0.29, 0.717) is 5.82 Å². The molecule has 0 amide bonds. The molecule has 0 fully saturated rings. The van der Waals surface area contributed by atoms with Crippen LogP contribution in [0.1, 0.15) is 0 Å². The minimum absolute atomic E-state index is 0.485. The molecule has 0 unspecified atom stereocenters. The van der Waals surface area contributed by atoms with Gasteiger partial charge in [-0.3, -0.25) is 0 Å². The number of nitrogen functional groups attached to an aromatic ring is 1. The van der Waals surface area contributed by atoms with Crippen molar-refractivity contribution in [2.24, 2.45) is 0 Å². The first-order chi connectivity index (χ1) is 7.18. The first-order valence-electron chi connectivity index (χ1n) is 4.40. The summed E-state index contributed by atoms with van der Waals surface area (Å²) in [5.74, 6) is 0.485. The van der Waals surface area contributed by atoms with Crippen molar-refractivity contribution in [2.45, 2.75) is 0 Å². The maximum absolute atomic E-state index is 5.75. The van der Waals surface area contributed by atoms with E-state index < -0.39 is 0 Å². The van der Waals surface area contributed by atoms with Gasteiger partial charge in [0.15, 0.2) is 5.01 Å². The fourth-order valence-electron chi connectivity index (χ4n) is 1.10. The number of nitrogens with zero attached hydrogens (tertiary/aromatic N) is 4. The molecule has 78 valence electrons. The van der Waals surface area contributed by atoms with E-state index in [9.17, 15) is 0 Å². The smallest absolute Gasteiger partial charge is 0.208 e. The second-order valence-electron chi connectivity index (χ2n) is 3.22. The molecule has 0 radical (unpaired) electrons. The van der Waals surface area contributed by atoms with Crippen molar-refractivity contribution in [2.75, 3.05) is 24.7 Å². The Morgan fingerprint density at radius 3 is 2.73 bits per heavy atom. The molecule has 2 rings (SSSR count). The van der Waals surface area contributed by atoms with E-state index in [0.717, 1.165) is 15.7 Å². The Hall–Kier alpha value is -1.69. The SMILES string of the molecule is CN(C)c1nnc(-c2cccnc2N)s1. The molecular formula is C9H11N5S. The van der Waals surface area contributed by atoms with Gasteiger partial charge in [0.1, 0.15) is 5.82 Å². The summed E-state index contributed by atoms with van der Waals surface area (Å²) in [6, 6.07) is 3.73. The molecule has 0 aromatic carbocycles. The van der Waals surface area contributed by atoms with Crippen LogP contribution < -0.4 is 10.6 Å². The topological polar surface area (TPSA) is 67.9 Å². The number of hydrogen-bond acceptors (Lipinski definition) is 6. The van der Waals surface area contributed by atoms with Crippen molar-refractivity contribution >= 4 is 22.3 Å². The third-order valence-electron chi connectivity index (χ3n) is 1.87. The summed E-state index contributed by atoms with van der Waals surface area (Å²) < 4.78 is 0. The van der Waals surface area contributed by atoms with Crippen molar-refractivity contribution in [3.05, 3.63) is 18.3 Å². The molecule has 2 heterocycles. The standard InChI is InChI=1S/C9H11N5S/c1-14(2)9-13-12-8(15-9)6-4-3-5-11-7(6)10/h3-5H,1-2H3,(H2,10,11). The first-order valence-corrected chi connectivity index (χ1v) is 5.22. The quantitative estimate of drug-likeness (QED) is 0.826. The van der Waals surface area contributed by atoms with Crippen molar-refractivity contribution in [1.82, 2.24) is 15.2 Å². The van der Waals surface area contributed by atoms with Crippen LogP contribution in [0, 0.1) is 0 Å². The van der Waals surface area contributed by atoms with Crippen LogP contribution in [0.3, 0.4) is 0 Å². The van der Waals surface area contributed by atoms with Crippen molar-refractivity contribution in [3.8, 4) is 10.6 Å². The lowest BCUT2D eigenvalue weighted by Crippen LogP contribution is -2.07. The molecule has 0 saturated heterocycles. The van der Waals surface area contributed by atoms with E-state index >= 15 is 0 Å². The van der Waals surface area contributed by atoms with E-state index in [1.807, 2.05) is 31.1 Å².